The standard InChI is InChI=1S/C14H18BrFN4/c1-10(2)6-17-7-13-9-20(19-18-13)8-11-5-12(15)3-4-14(11)16/h3-5,9-10,17H,6-8H2,1-2H3. The molecule has 0 amide bonds. The van der Waals surface area contributed by atoms with Crippen LogP contribution in [0.15, 0.2) is 28.9 Å². The van der Waals surface area contributed by atoms with Crippen LogP contribution in [0.5, 0.6) is 0 Å². The van der Waals surface area contributed by atoms with E-state index in [1.165, 1.54) is 6.07 Å². The minimum atomic E-state index is -0.233. The van der Waals surface area contributed by atoms with Crippen molar-refractivity contribution in [3.05, 3.63) is 45.9 Å². The Hall–Kier alpha value is -1.27. The first-order valence-corrected chi connectivity index (χ1v) is 7.37. The van der Waals surface area contributed by atoms with Crippen molar-refractivity contribution in [1.82, 2.24) is 20.3 Å². The molecular formula is C14H18BrFN4. The average molecular weight is 341 g/mol. The quantitative estimate of drug-likeness (QED) is 0.878. The number of nitrogens with zero attached hydrogens (tertiary/aromatic N) is 3. The second-order valence-electron chi connectivity index (χ2n) is 5.17. The van der Waals surface area contributed by atoms with Gasteiger partial charge >= 0.3 is 0 Å². The second kappa shape index (κ2) is 6.95. The molecule has 0 unspecified atom stereocenters. The molecule has 1 aromatic heterocycles. The normalized spacial score (nSPS) is 11.2. The highest BCUT2D eigenvalue weighted by molar-refractivity contribution is 9.10. The van der Waals surface area contributed by atoms with Gasteiger partial charge in [0.05, 0.1) is 18.4 Å². The third kappa shape index (κ3) is 4.38. The lowest BCUT2D eigenvalue weighted by atomic mass is 10.2. The molecule has 2 aromatic rings. The van der Waals surface area contributed by atoms with Crippen LogP contribution in [0.2, 0.25) is 0 Å². The van der Waals surface area contributed by atoms with E-state index in [1.807, 2.05) is 6.20 Å². The highest BCUT2D eigenvalue weighted by Crippen LogP contribution is 2.16. The van der Waals surface area contributed by atoms with Crippen LogP contribution in [0, 0.1) is 11.7 Å². The van der Waals surface area contributed by atoms with Crippen LogP contribution in [0.1, 0.15) is 25.1 Å². The van der Waals surface area contributed by atoms with E-state index in [0.29, 0.717) is 24.6 Å². The molecule has 1 aromatic carbocycles. The number of aromatic nitrogens is 3. The average Bonchev–Trinajstić information content (AvgIpc) is 2.81. The third-order valence-electron chi connectivity index (χ3n) is 2.78. The van der Waals surface area contributed by atoms with Crippen molar-refractivity contribution in [2.75, 3.05) is 6.54 Å². The van der Waals surface area contributed by atoms with Crippen molar-refractivity contribution < 1.29 is 4.39 Å². The van der Waals surface area contributed by atoms with Crippen LogP contribution in [0.25, 0.3) is 0 Å². The molecule has 4 nitrogen and oxygen atoms in total. The Kier molecular flexibility index (Phi) is 5.25. The minimum Gasteiger partial charge on any atom is -0.311 e. The summed E-state index contributed by atoms with van der Waals surface area (Å²) in [6.07, 6.45) is 1.84. The van der Waals surface area contributed by atoms with Gasteiger partial charge in [0, 0.05) is 16.6 Å². The molecule has 20 heavy (non-hydrogen) atoms. The molecule has 0 aliphatic rings. The summed E-state index contributed by atoms with van der Waals surface area (Å²) >= 11 is 3.34. The van der Waals surface area contributed by atoms with Gasteiger partial charge in [0.1, 0.15) is 5.82 Å². The number of halogens is 2. The van der Waals surface area contributed by atoms with E-state index >= 15 is 0 Å². The number of hydrogen-bond acceptors (Lipinski definition) is 3. The third-order valence-corrected chi connectivity index (χ3v) is 3.28. The molecule has 1 N–H and O–H groups in total. The smallest absolute Gasteiger partial charge is 0.128 e. The fourth-order valence-corrected chi connectivity index (χ4v) is 2.23. The fraction of sp³-hybridized carbons (Fsp3) is 0.429. The van der Waals surface area contributed by atoms with E-state index in [1.54, 1.807) is 16.8 Å². The largest absolute Gasteiger partial charge is 0.311 e. The fourth-order valence-electron chi connectivity index (χ4n) is 1.82. The molecule has 0 radical (unpaired) electrons. The molecule has 0 bridgehead atoms. The van der Waals surface area contributed by atoms with Gasteiger partial charge in [-0.1, -0.05) is 35.0 Å². The van der Waals surface area contributed by atoms with Crippen molar-refractivity contribution in [3.8, 4) is 0 Å². The van der Waals surface area contributed by atoms with Crippen LogP contribution in [-0.4, -0.2) is 21.5 Å². The van der Waals surface area contributed by atoms with E-state index < -0.39 is 0 Å². The van der Waals surface area contributed by atoms with Crippen LogP contribution in [0.4, 0.5) is 4.39 Å². The van der Waals surface area contributed by atoms with Gasteiger partial charge in [-0.15, -0.1) is 5.10 Å². The summed E-state index contributed by atoms with van der Waals surface area (Å²) in [6.45, 7) is 6.30. The topological polar surface area (TPSA) is 42.7 Å². The minimum absolute atomic E-state index is 0.233. The summed E-state index contributed by atoms with van der Waals surface area (Å²) in [5, 5.41) is 11.4. The molecule has 0 spiro atoms. The first-order chi connectivity index (χ1) is 9.54. The monoisotopic (exact) mass is 340 g/mol. The maximum absolute atomic E-state index is 13.7. The maximum atomic E-state index is 13.7. The summed E-state index contributed by atoms with van der Waals surface area (Å²) in [6, 6.07) is 4.89. The molecular weight excluding hydrogens is 323 g/mol. The Labute approximate surface area is 126 Å². The molecule has 2 rings (SSSR count). The number of nitrogens with one attached hydrogen (secondary N) is 1. The van der Waals surface area contributed by atoms with E-state index in [4.69, 9.17) is 0 Å². The second-order valence-corrected chi connectivity index (χ2v) is 6.08. The highest BCUT2D eigenvalue weighted by Gasteiger charge is 2.06. The molecule has 0 aliphatic carbocycles. The maximum Gasteiger partial charge on any atom is 0.128 e. The molecule has 108 valence electrons. The van der Waals surface area contributed by atoms with E-state index in [0.717, 1.165) is 16.7 Å². The van der Waals surface area contributed by atoms with Gasteiger partial charge < -0.3 is 5.32 Å². The Morgan fingerprint density at radius 2 is 2.20 bits per heavy atom. The van der Waals surface area contributed by atoms with Gasteiger partial charge in [0.15, 0.2) is 0 Å². The first-order valence-electron chi connectivity index (χ1n) is 6.58. The van der Waals surface area contributed by atoms with Crippen molar-refractivity contribution in [2.24, 2.45) is 5.92 Å². The van der Waals surface area contributed by atoms with Crippen LogP contribution < -0.4 is 5.32 Å². The number of rotatable bonds is 6. The van der Waals surface area contributed by atoms with Gasteiger partial charge in [-0.05, 0) is 30.7 Å². The molecule has 0 aliphatic heterocycles. The zero-order valence-electron chi connectivity index (χ0n) is 11.6. The predicted octanol–water partition coefficient (Wildman–Crippen LogP) is 2.97. The molecule has 6 heteroatoms. The molecule has 0 saturated heterocycles. The van der Waals surface area contributed by atoms with Gasteiger partial charge in [0.25, 0.3) is 0 Å². The zero-order chi connectivity index (χ0) is 14.5. The van der Waals surface area contributed by atoms with Crippen molar-refractivity contribution in [3.63, 3.8) is 0 Å². The van der Waals surface area contributed by atoms with Crippen LogP contribution >= 0.6 is 15.9 Å². The first kappa shape index (κ1) is 15.1. The van der Waals surface area contributed by atoms with E-state index in [2.05, 4.69) is 45.4 Å². The Balaban J connectivity index is 1.97. The summed E-state index contributed by atoms with van der Waals surface area (Å²) in [7, 11) is 0. The Bertz CT molecular complexity index is 568. The van der Waals surface area contributed by atoms with Crippen LogP contribution in [0.3, 0.4) is 0 Å². The lowest BCUT2D eigenvalue weighted by molar-refractivity contribution is 0.548. The van der Waals surface area contributed by atoms with Crippen molar-refractivity contribution in [1.29, 1.82) is 0 Å². The lowest BCUT2D eigenvalue weighted by Crippen LogP contribution is -2.19. The van der Waals surface area contributed by atoms with Crippen molar-refractivity contribution in [2.45, 2.75) is 26.9 Å². The lowest BCUT2D eigenvalue weighted by Gasteiger charge is -2.04. The predicted molar refractivity (Wildman–Crippen MR) is 79.8 cm³/mol. The summed E-state index contributed by atoms with van der Waals surface area (Å²) in [5.74, 6) is 0.365. The van der Waals surface area contributed by atoms with Gasteiger partial charge in [0.2, 0.25) is 0 Å². The molecule has 1 heterocycles. The Morgan fingerprint density at radius 1 is 1.40 bits per heavy atom. The van der Waals surface area contributed by atoms with Crippen LogP contribution in [-0.2, 0) is 13.1 Å². The zero-order valence-corrected chi connectivity index (χ0v) is 13.2. The molecule has 0 fully saturated rings. The number of benzene rings is 1. The van der Waals surface area contributed by atoms with Gasteiger partial charge in [-0.3, -0.25) is 0 Å². The summed E-state index contributed by atoms with van der Waals surface area (Å²) in [4.78, 5) is 0. The summed E-state index contributed by atoms with van der Waals surface area (Å²) < 4.78 is 16.2. The van der Waals surface area contributed by atoms with Crippen molar-refractivity contribution >= 4 is 15.9 Å². The van der Waals surface area contributed by atoms with Gasteiger partial charge in [-0.2, -0.15) is 0 Å². The molecule has 0 atom stereocenters. The van der Waals surface area contributed by atoms with Gasteiger partial charge in [-0.25, -0.2) is 9.07 Å². The van der Waals surface area contributed by atoms with E-state index in [9.17, 15) is 4.39 Å². The SMILES string of the molecule is CC(C)CNCc1cn(Cc2cc(Br)ccc2F)nn1. The highest BCUT2D eigenvalue weighted by atomic mass is 79.9. The Morgan fingerprint density at radius 3 is 2.95 bits per heavy atom. The molecule has 0 saturated carbocycles. The summed E-state index contributed by atoms with van der Waals surface area (Å²) in [5.41, 5.74) is 1.45. The van der Waals surface area contributed by atoms with E-state index in [-0.39, 0.29) is 5.82 Å². The number of hydrogen-bond donors (Lipinski definition) is 1.